The molecule has 2 aliphatic heterocycles. The van der Waals surface area contributed by atoms with Crippen LogP contribution < -0.4 is 20.9 Å². The maximum atomic E-state index is 13.2. The minimum Gasteiger partial charge on any atom is -0.371 e. The number of nitrogens with zero attached hydrogens (tertiary/aromatic N) is 5. The third-order valence-electron chi connectivity index (χ3n) is 7.03. The Balaban J connectivity index is 1.36. The second-order valence-corrected chi connectivity index (χ2v) is 9.82. The van der Waals surface area contributed by atoms with E-state index in [0.29, 0.717) is 17.3 Å². The summed E-state index contributed by atoms with van der Waals surface area (Å²) in [5.74, 6) is 0.356. The van der Waals surface area contributed by atoms with Crippen LogP contribution in [0.2, 0.25) is 0 Å². The molecule has 4 heterocycles. The van der Waals surface area contributed by atoms with Gasteiger partial charge in [-0.1, -0.05) is 19.1 Å². The summed E-state index contributed by atoms with van der Waals surface area (Å²) < 4.78 is 0. The summed E-state index contributed by atoms with van der Waals surface area (Å²) in [5, 5.41) is 13.2. The van der Waals surface area contributed by atoms with E-state index in [2.05, 4.69) is 44.1 Å². The predicted octanol–water partition coefficient (Wildman–Crippen LogP) is 3.80. The van der Waals surface area contributed by atoms with Crippen LogP contribution >= 0.6 is 0 Å². The second kappa shape index (κ2) is 9.88. The summed E-state index contributed by atoms with van der Waals surface area (Å²) in [6, 6.07) is 14.3. The summed E-state index contributed by atoms with van der Waals surface area (Å²) >= 11 is 0. The smallest absolute Gasteiger partial charge is 0.274 e. The number of benzene rings is 1. The standard InChI is InChI=1S/C27H31N7O/c1-18-12-21(29)17-34(16-18)26-6-9-30-15-25(26)32-27(35)23-5-3-20-2-4-22(13-24(20)31-23)33-10-7-19(14-28)8-11-33/h2-6,9,13,15,18-19,21H,7-8,10-12,16-17,29H2,1H3,(H,32,35). The van der Waals surface area contributed by atoms with E-state index in [-0.39, 0.29) is 17.9 Å². The third kappa shape index (κ3) is 5.05. The van der Waals surface area contributed by atoms with Crippen LogP contribution in [0.5, 0.6) is 0 Å². The van der Waals surface area contributed by atoms with Gasteiger partial charge in [0.25, 0.3) is 5.91 Å². The fourth-order valence-corrected chi connectivity index (χ4v) is 5.24. The molecule has 2 unspecified atom stereocenters. The second-order valence-electron chi connectivity index (χ2n) is 9.82. The molecule has 3 N–H and O–H groups in total. The van der Waals surface area contributed by atoms with Crippen molar-refractivity contribution in [1.82, 2.24) is 9.97 Å². The Morgan fingerprint density at radius 1 is 1.14 bits per heavy atom. The van der Waals surface area contributed by atoms with Gasteiger partial charge in [-0.3, -0.25) is 9.78 Å². The van der Waals surface area contributed by atoms with E-state index in [4.69, 9.17) is 11.0 Å². The van der Waals surface area contributed by atoms with Gasteiger partial charge in [0, 0.05) is 55.4 Å². The highest BCUT2D eigenvalue weighted by molar-refractivity contribution is 6.05. The molecule has 2 fully saturated rings. The van der Waals surface area contributed by atoms with E-state index >= 15 is 0 Å². The zero-order valence-corrected chi connectivity index (χ0v) is 20.0. The molecule has 2 aromatic heterocycles. The van der Waals surface area contributed by atoms with Crippen molar-refractivity contribution < 1.29 is 4.79 Å². The Kier molecular flexibility index (Phi) is 6.51. The number of amides is 1. The van der Waals surface area contributed by atoms with E-state index in [1.165, 1.54) is 0 Å². The van der Waals surface area contributed by atoms with Gasteiger partial charge in [0.15, 0.2) is 0 Å². The molecular weight excluding hydrogens is 438 g/mol. The van der Waals surface area contributed by atoms with Crippen molar-refractivity contribution in [2.75, 3.05) is 41.3 Å². The average Bonchev–Trinajstić information content (AvgIpc) is 2.88. The van der Waals surface area contributed by atoms with Crippen molar-refractivity contribution in [3.63, 3.8) is 0 Å². The van der Waals surface area contributed by atoms with Crippen LogP contribution in [-0.2, 0) is 0 Å². The lowest BCUT2D eigenvalue weighted by Gasteiger charge is -2.37. The highest BCUT2D eigenvalue weighted by Crippen LogP contribution is 2.30. The Morgan fingerprint density at radius 2 is 1.94 bits per heavy atom. The number of rotatable bonds is 4. The van der Waals surface area contributed by atoms with E-state index in [1.54, 1.807) is 18.5 Å². The maximum absolute atomic E-state index is 13.2. The molecule has 2 aliphatic rings. The minimum atomic E-state index is -0.268. The van der Waals surface area contributed by atoms with Crippen molar-refractivity contribution in [1.29, 1.82) is 5.26 Å². The molecule has 1 amide bonds. The summed E-state index contributed by atoms with van der Waals surface area (Å²) in [5.41, 5.74) is 10.1. The Morgan fingerprint density at radius 3 is 2.71 bits per heavy atom. The maximum Gasteiger partial charge on any atom is 0.274 e. The van der Waals surface area contributed by atoms with Crippen LogP contribution in [0.1, 0.15) is 36.7 Å². The number of hydrogen-bond donors (Lipinski definition) is 2. The fourth-order valence-electron chi connectivity index (χ4n) is 5.24. The number of fused-ring (bicyclic) bond motifs is 1. The number of pyridine rings is 2. The quantitative estimate of drug-likeness (QED) is 0.598. The van der Waals surface area contributed by atoms with Gasteiger partial charge in [-0.15, -0.1) is 0 Å². The number of piperidine rings is 2. The van der Waals surface area contributed by atoms with Crippen LogP contribution in [0.25, 0.3) is 10.9 Å². The fraction of sp³-hybridized carbons (Fsp3) is 0.407. The minimum absolute atomic E-state index is 0.109. The highest BCUT2D eigenvalue weighted by atomic mass is 16.1. The van der Waals surface area contributed by atoms with Gasteiger partial charge in [-0.25, -0.2) is 4.98 Å². The predicted molar refractivity (Wildman–Crippen MR) is 138 cm³/mol. The Bertz CT molecular complexity index is 1250. The zero-order chi connectivity index (χ0) is 24.4. The summed E-state index contributed by atoms with van der Waals surface area (Å²) in [6.07, 6.45) is 6.17. The summed E-state index contributed by atoms with van der Waals surface area (Å²) in [7, 11) is 0. The van der Waals surface area contributed by atoms with E-state index in [9.17, 15) is 4.79 Å². The van der Waals surface area contributed by atoms with E-state index < -0.39 is 0 Å². The summed E-state index contributed by atoms with van der Waals surface area (Å²) in [4.78, 5) is 26.6. The molecule has 8 nitrogen and oxygen atoms in total. The molecule has 2 saturated heterocycles. The molecule has 2 atom stereocenters. The lowest BCUT2D eigenvalue weighted by Crippen LogP contribution is -2.46. The first kappa shape index (κ1) is 23.1. The largest absolute Gasteiger partial charge is 0.371 e. The lowest BCUT2D eigenvalue weighted by atomic mass is 9.96. The molecule has 0 radical (unpaired) electrons. The van der Waals surface area contributed by atoms with Crippen LogP contribution in [-0.4, -0.2) is 48.1 Å². The lowest BCUT2D eigenvalue weighted by molar-refractivity contribution is 0.102. The number of anilines is 3. The van der Waals surface area contributed by atoms with Crippen LogP contribution in [0.3, 0.4) is 0 Å². The van der Waals surface area contributed by atoms with Gasteiger partial charge in [0.2, 0.25) is 0 Å². The number of carbonyl (C=O) groups is 1. The SMILES string of the molecule is CC1CC(N)CN(c2ccncc2NC(=O)c2ccc3ccc(N4CCC(C#N)CC4)cc3n2)C1. The molecule has 180 valence electrons. The van der Waals surface area contributed by atoms with Crippen molar-refractivity contribution in [2.24, 2.45) is 17.6 Å². The topological polar surface area (TPSA) is 111 Å². The van der Waals surface area contributed by atoms with Crippen LogP contribution in [0.4, 0.5) is 17.1 Å². The molecular formula is C27H31N7O. The Hall–Kier alpha value is -3.70. The zero-order valence-electron chi connectivity index (χ0n) is 20.0. The van der Waals surface area contributed by atoms with E-state index in [1.807, 2.05) is 24.3 Å². The van der Waals surface area contributed by atoms with Crippen molar-refractivity contribution in [3.8, 4) is 6.07 Å². The van der Waals surface area contributed by atoms with Crippen molar-refractivity contribution in [2.45, 2.75) is 32.2 Å². The monoisotopic (exact) mass is 469 g/mol. The third-order valence-corrected chi connectivity index (χ3v) is 7.03. The first-order valence-electron chi connectivity index (χ1n) is 12.3. The average molecular weight is 470 g/mol. The van der Waals surface area contributed by atoms with Crippen LogP contribution in [0, 0.1) is 23.2 Å². The molecule has 0 aliphatic carbocycles. The number of hydrogen-bond acceptors (Lipinski definition) is 7. The molecule has 0 saturated carbocycles. The number of carbonyl (C=O) groups excluding carboxylic acids is 1. The normalized spacial score (nSPS) is 21.1. The Labute approximate surface area is 205 Å². The highest BCUT2D eigenvalue weighted by Gasteiger charge is 2.25. The first-order valence-corrected chi connectivity index (χ1v) is 12.3. The van der Waals surface area contributed by atoms with E-state index in [0.717, 1.165) is 67.7 Å². The van der Waals surface area contributed by atoms with Crippen molar-refractivity contribution in [3.05, 3.63) is 54.5 Å². The molecule has 1 aromatic carbocycles. The van der Waals surface area contributed by atoms with Gasteiger partial charge in [0.1, 0.15) is 5.69 Å². The molecule has 35 heavy (non-hydrogen) atoms. The first-order chi connectivity index (χ1) is 17.0. The van der Waals surface area contributed by atoms with Gasteiger partial charge in [0.05, 0.1) is 29.2 Å². The molecule has 5 rings (SSSR count). The van der Waals surface area contributed by atoms with Crippen LogP contribution in [0.15, 0.2) is 48.8 Å². The van der Waals surface area contributed by atoms with Crippen molar-refractivity contribution >= 4 is 33.9 Å². The number of nitrogens with two attached hydrogens (primary N) is 1. The molecule has 0 bridgehead atoms. The van der Waals surface area contributed by atoms with Gasteiger partial charge in [-0.2, -0.15) is 5.26 Å². The molecule has 0 spiro atoms. The number of nitrogens with one attached hydrogen (secondary N) is 1. The molecule has 3 aromatic rings. The van der Waals surface area contributed by atoms with Gasteiger partial charge in [-0.05, 0) is 49.4 Å². The van der Waals surface area contributed by atoms with Gasteiger partial charge >= 0.3 is 0 Å². The molecule has 8 heteroatoms. The van der Waals surface area contributed by atoms with Gasteiger partial charge < -0.3 is 20.9 Å². The number of aromatic nitrogens is 2. The number of nitriles is 1. The summed E-state index contributed by atoms with van der Waals surface area (Å²) in [6.45, 7) is 5.55.